The Balaban J connectivity index is 1.79. The first-order valence-corrected chi connectivity index (χ1v) is 7.86. The molecule has 1 aliphatic carbocycles. The van der Waals surface area contributed by atoms with Gasteiger partial charge in [0.15, 0.2) is 0 Å². The zero-order valence-electron chi connectivity index (χ0n) is 12.0. The summed E-state index contributed by atoms with van der Waals surface area (Å²) in [6, 6.07) is 10.1. The predicted octanol–water partition coefficient (Wildman–Crippen LogP) is 4.63. The van der Waals surface area contributed by atoms with E-state index in [-0.39, 0.29) is 6.10 Å². The molecule has 1 aromatic carbocycles. The van der Waals surface area contributed by atoms with Gasteiger partial charge in [0, 0.05) is 11.6 Å². The highest BCUT2D eigenvalue weighted by atomic mass is 16.3. The minimum atomic E-state index is -0.356. The van der Waals surface area contributed by atoms with Gasteiger partial charge >= 0.3 is 0 Å². The lowest BCUT2D eigenvalue weighted by Gasteiger charge is -2.19. The van der Waals surface area contributed by atoms with Crippen LogP contribution in [0.3, 0.4) is 0 Å². The van der Waals surface area contributed by atoms with Gasteiger partial charge in [-0.05, 0) is 30.0 Å². The quantitative estimate of drug-likeness (QED) is 0.824. The summed E-state index contributed by atoms with van der Waals surface area (Å²) in [6.45, 7) is 0. The molecule has 0 aliphatic heterocycles. The third-order valence-corrected chi connectivity index (χ3v) is 4.57. The summed E-state index contributed by atoms with van der Waals surface area (Å²) in [7, 11) is 0. The summed E-state index contributed by atoms with van der Waals surface area (Å²) in [4.78, 5) is 4.37. The van der Waals surface area contributed by atoms with Crippen molar-refractivity contribution in [1.29, 1.82) is 0 Å². The molecule has 20 heavy (non-hydrogen) atoms. The molecule has 1 saturated carbocycles. The Morgan fingerprint density at radius 3 is 2.65 bits per heavy atom. The summed E-state index contributed by atoms with van der Waals surface area (Å²) in [5.74, 6) is 0.680. The van der Waals surface area contributed by atoms with Crippen molar-refractivity contribution in [3.05, 3.63) is 42.1 Å². The number of nitrogens with zero attached hydrogens (tertiary/aromatic N) is 1. The van der Waals surface area contributed by atoms with Gasteiger partial charge in [0.25, 0.3) is 0 Å². The van der Waals surface area contributed by atoms with E-state index in [1.54, 1.807) is 0 Å². The van der Waals surface area contributed by atoms with Gasteiger partial charge in [0.05, 0.1) is 11.6 Å². The van der Waals surface area contributed by atoms with Gasteiger partial charge in [-0.25, -0.2) is 0 Å². The van der Waals surface area contributed by atoms with Crippen LogP contribution in [0.1, 0.15) is 56.6 Å². The lowest BCUT2D eigenvalue weighted by molar-refractivity contribution is 0.140. The van der Waals surface area contributed by atoms with Crippen LogP contribution in [-0.4, -0.2) is 10.1 Å². The Morgan fingerprint density at radius 2 is 1.85 bits per heavy atom. The Kier molecular flexibility index (Phi) is 4.31. The molecule has 0 saturated heterocycles. The summed E-state index contributed by atoms with van der Waals surface area (Å²) in [5, 5.41) is 11.7. The highest BCUT2D eigenvalue weighted by molar-refractivity contribution is 5.82. The van der Waals surface area contributed by atoms with E-state index in [1.165, 1.54) is 38.5 Å². The summed E-state index contributed by atoms with van der Waals surface area (Å²) in [5.41, 5.74) is 2.02. The van der Waals surface area contributed by atoms with Gasteiger partial charge in [-0.1, -0.05) is 56.7 Å². The molecule has 0 amide bonds. The van der Waals surface area contributed by atoms with E-state index in [0.717, 1.165) is 22.9 Å². The minimum absolute atomic E-state index is 0.356. The number of fused-ring (bicyclic) bond motifs is 1. The smallest absolute Gasteiger partial charge is 0.0799 e. The number of hydrogen-bond donors (Lipinski definition) is 1. The Labute approximate surface area is 120 Å². The molecular weight excluding hydrogens is 246 g/mol. The summed E-state index contributed by atoms with van der Waals surface area (Å²) < 4.78 is 0. The highest BCUT2D eigenvalue weighted by Gasteiger charge is 2.19. The fourth-order valence-electron chi connectivity index (χ4n) is 3.46. The van der Waals surface area contributed by atoms with Crippen LogP contribution in [0.25, 0.3) is 10.9 Å². The average Bonchev–Trinajstić information content (AvgIpc) is 2.75. The van der Waals surface area contributed by atoms with Crippen molar-refractivity contribution in [2.45, 2.75) is 51.0 Å². The van der Waals surface area contributed by atoms with Crippen molar-refractivity contribution in [3.8, 4) is 0 Å². The van der Waals surface area contributed by atoms with E-state index < -0.39 is 0 Å². The molecule has 1 fully saturated rings. The van der Waals surface area contributed by atoms with Crippen molar-refractivity contribution in [3.63, 3.8) is 0 Å². The molecule has 1 unspecified atom stereocenters. The van der Waals surface area contributed by atoms with Gasteiger partial charge in [-0.3, -0.25) is 4.98 Å². The third-order valence-electron chi connectivity index (χ3n) is 4.57. The Morgan fingerprint density at radius 1 is 1.05 bits per heavy atom. The number of aliphatic hydroxyl groups excluding tert-OH is 1. The van der Waals surface area contributed by atoms with Crippen LogP contribution < -0.4 is 0 Å². The van der Waals surface area contributed by atoms with Crippen LogP contribution in [0.5, 0.6) is 0 Å². The van der Waals surface area contributed by atoms with Gasteiger partial charge < -0.3 is 5.11 Å². The molecule has 0 radical (unpaired) electrons. The second-order valence-corrected chi connectivity index (χ2v) is 6.03. The monoisotopic (exact) mass is 269 g/mol. The molecule has 1 aliphatic rings. The van der Waals surface area contributed by atoms with Crippen LogP contribution in [0.2, 0.25) is 0 Å². The first kappa shape index (κ1) is 13.6. The van der Waals surface area contributed by atoms with Gasteiger partial charge in [0.2, 0.25) is 0 Å². The molecule has 0 bridgehead atoms. The largest absolute Gasteiger partial charge is 0.388 e. The summed E-state index contributed by atoms with van der Waals surface area (Å²) >= 11 is 0. The molecule has 1 N–H and O–H groups in total. The molecule has 0 spiro atoms. The minimum Gasteiger partial charge on any atom is -0.388 e. The van der Waals surface area contributed by atoms with Crippen LogP contribution in [0.15, 0.2) is 36.5 Å². The predicted molar refractivity (Wildman–Crippen MR) is 82.5 cm³/mol. The van der Waals surface area contributed by atoms with Gasteiger partial charge in [-0.15, -0.1) is 0 Å². The van der Waals surface area contributed by atoms with E-state index in [0.29, 0.717) is 5.92 Å². The molecule has 1 atom stereocenters. The van der Waals surface area contributed by atoms with E-state index in [2.05, 4.69) is 11.1 Å². The molecule has 2 heteroatoms. The van der Waals surface area contributed by atoms with E-state index in [1.807, 2.05) is 30.5 Å². The third kappa shape index (κ3) is 3.01. The van der Waals surface area contributed by atoms with Crippen LogP contribution in [-0.2, 0) is 0 Å². The fourth-order valence-corrected chi connectivity index (χ4v) is 3.46. The normalized spacial score (nSPS) is 18.9. The van der Waals surface area contributed by atoms with Gasteiger partial charge in [0.1, 0.15) is 0 Å². The number of aliphatic hydroxyl groups is 1. The van der Waals surface area contributed by atoms with Crippen molar-refractivity contribution < 1.29 is 5.11 Å². The number of benzene rings is 1. The summed E-state index contributed by atoms with van der Waals surface area (Å²) in [6.07, 6.45) is 10.3. The Bertz CT molecular complexity index is 553. The molecule has 2 nitrogen and oxygen atoms in total. The molecule has 1 heterocycles. The number of pyridine rings is 1. The maximum atomic E-state index is 10.6. The molecule has 3 rings (SSSR count). The maximum absolute atomic E-state index is 10.6. The Hall–Kier alpha value is -1.41. The zero-order chi connectivity index (χ0) is 13.8. The first-order chi connectivity index (χ1) is 9.84. The average molecular weight is 269 g/mol. The van der Waals surface area contributed by atoms with Crippen LogP contribution in [0.4, 0.5) is 0 Å². The molecule has 106 valence electrons. The van der Waals surface area contributed by atoms with Crippen LogP contribution >= 0.6 is 0 Å². The highest BCUT2D eigenvalue weighted by Crippen LogP contribution is 2.33. The van der Waals surface area contributed by atoms with Gasteiger partial charge in [-0.2, -0.15) is 0 Å². The van der Waals surface area contributed by atoms with Crippen molar-refractivity contribution in [2.75, 3.05) is 0 Å². The van der Waals surface area contributed by atoms with Crippen molar-refractivity contribution in [1.82, 2.24) is 4.98 Å². The van der Waals surface area contributed by atoms with Crippen LogP contribution in [0, 0.1) is 5.92 Å². The second kappa shape index (κ2) is 6.36. The number of rotatable bonds is 3. The first-order valence-electron chi connectivity index (χ1n) is 7.86. The molecule has 2 aromatic rings. The molecular formula is C18H23NO. The maximum Gasteiger partial charge on any atom is 0.0799 e. The van der Waals surface area contributed by atoms with E-state index in [9.17, 15) is 5.11 Å². The topological polar surface area (TPSA) is 33.1 Å². The molecule has 1 aromatic heterocycles. The van der Waals surface area contributed by atoms with Crippen molar-refractivity contribution in [2.24, 2.45) is 5.92 Å². The number of hydrogen-bond acceptors (Lipinski definition) is 2. The lowest BCUT2D eigenvalue weighted by atomic mass is 9.90. The SMILES string of the molecule is OC(CC1CCCCCC1)c1cccc2ncccc12. The number of aromatic nitrogens is 1. The van der Waals surface area contributed by atoms with Crippen molar-refractivity contribution >= 4 is 10.9 Å². The standard InChI is InChI=1S/C18H23NO/c20-18(13-14-7-3-1-2-4-8-14)16-9-5-11-17-15(16)10-6-12-19-17/h5-6,9-12,14,18,20H,1-4,7-8,13H2. The van der Waals surface area contributed by atoms with E-state index >= 15 is 0 Å². The van der Waals surface area contributed by atoms with E-state index in [4.69, 9.17) is 0 Å². The lowest BCUT2D eigenvalue weighted by Crippen LogP contribution is -2.07. The second-order valence-electron chi connectivity index (χ2n) is 6.03. The fraction of sp³-hybridized carbons (Fsp3) is 0.500. The zero-order valence-corrected chi connectivity index (χ0v) is 12.0.